The van der Waals surface area contributed by atoms with Crippen molar-refractivity contribution in [1.82, 2.24) is 24.1 Å². The number of pyridine rings is 1. The van der Waals surface area contributed by atoms with Crippen LogP contribution in [-0.4, -0.2) is 24.1 Å². The van der Waals surface area contributed by atoms with Crippen molar-refractivity contribution in [1.29, 1.82) is 0 Å². The maximum absolute atomic E-state index is 6.03. The minimum absolute atomic E-state index is 0.693. The summed E-state index contributed by atoms with van der Waals surface area (Å²) >= 11 is 7.64. The summed E-state index contributed by atoms with van der Waals surface area (Å²) < 4.78 is 3.96. The maximum Gasteiger partial charge on any atom is 0.196 e. The highest BCUT2D eigenvalue weighted by molar-refractivity contribution is 7.98. The van der Waals surface area contributed by atoms with Gasteiger partial charge in [-0.25, -0.2) is 4.98 Å². The Bertz CT molecular complexity index is 1050. The van der Waals surface area contributed by atoms with Gasteiger partial charge in [-0.05, 0) is 37.6 Å². The molecule has 0 aliphatic carbocycles. The van der Waals surface area contributed by atoms with Gasteiger partial charge in [0.25, 0.3) is 0 Å². The van der Waals surface area contributed by atoms with E-state index in [0.29, 0.717) is 10.8 Å². The molecular formula is C18H16ClN5S. The van der Waals surface area contributed by atoms with Gasteiger partial charge >= 0.3 is 0 Å². The maximum atomic E-state index is 6.03. The molecule has 7 heteroatoms. The number of fused-ring (bicyclic) bond motifs is 1. The first-order valence-corrected chi connectivity index (χ1v) is 9.20. The monoisotopic (exact) mass is 369 g/mol. The van der Waals surface area contributed by atoms with Crippen LogP contribution in [0.15, 0.2) is 54.2 Å². The highest BCUT2D eigenvalue weighted by atomic mass is 35.5. The third kappa shape index (κ3) is 3.27. The fourth-order valence-corrected chi connectivity index (χ4v) is 3.76. The number of aromatic nitrogens is 5. The van der Waals surface area contributed by atoms with Crippen molar-refractivity contribution in [2.45, 2.75) is 24.8 Å². The average molecular weight is 370 g/mol. The first-order valence-electron chi connectivity index (χ1n) is 7.84. The molecule has 0 N–H and O–H groups in total. The van der Waals surface area contributed by atoms with Gasteiger partial charge in [0.2, 0.25) is 0 Å². The Morgan fingerprint density at radius 1 is 1.12 bits per heavy atom. The van der Waals surface area contributed by atoms with Crippen LogP contribution < -0.4 is 0 Å². The highest BCUT2D eigenvalue weighted by Gasteiger charge is 2.11. The fourth-order valence-electron chi connectivity index (χ4n) is 2.79. The van der Waals surface area contributed by atoms with Crippen LogP contribution in [0.2, 0.25) is 5.02 Å². The highest BCUT2D eigenvalue weighted by Crippen LogP contribution is 2.25. The quantitative estimate of drug-likeness (QED) is 0.498. The molecule has 0 atom stereocenters. The molecule has 3 heterocycles. The van der Waals surface area contributed by atoms with Crippen molar-refractivity contribution in [3.05, 3.63) is 70.9 Å². The summed E-state index contributed by atoms with van der Waals surface area (Å²) in [7, 11) is 0. The van der Waals surface area contributed by atoms with Crippen LogP contribution >= 0.6 is 23.4 Å². The molecule has 4 rings (SSSR count). The molecule has 25 heavy (non-hydrogen) atoms. The van der Waals surface area contributed by atoms with Crippen molar-refractivity contribution in [2.75, 3.05) is 0 Å². The van der Waals surface area contributed by atoms with Crippen molar-refractivity contribution >= 4 is 29.0 Å². The van der Waals surface area contributed by atoms with Gasteiger partial charge < -0.3 is 4.40 Å². The first-order chi connectivity index (χ1) is 12.1. The third-order valence-electron chi connectivity index (χ3n) is 3.94. The predicted molar refractivity (Wildman–Crippen MR) is 101 cm³/mol. The van der Waals surface area contributed by atoms with E-state index in [1.807, 2.05) is 33.5 Å². The fraction of sp³-hybridized carbons (Fsp3) is 0.167. The largest absolute Gasteiger partial charge is 0.305 e. The Balaban J connectivity index is 1.58. The molecule has 0 spiro atoms. The van der Waals surface area contributed by atoms with Crippen LogP contribution in [0, 0.1) is 13.8 Å². The number of thioether (sulfide) groups is 1. The van der Waals surface area contributed by atoms with E-state index in [0.717, 1.165) is 22.2 Å². The number of hydrogen-bond acceptors (Lipinski definition) is 4. The van der Waals surface area contributed by atoms with E-state index < -0.39 is 0 Å². The van der Waals surface area contributed by atoms with Crippen LogP contribution in [0.25, 0.3) is 11.3 Å². The van der Waals surface area contributed by atoms with Gasteiger partial charge in [-0.3, -0.25) is 4.57 Å². The molecule has 0 unspecified atom stereocenters. The van der Waals surface area contributed by atoms with Crippen molar-refractivity contribution in [3.8, 4) is 5.69 Å². The number of aryl methyl sites for hydroxylation is 2. The third-order valence-corrected chi connectivity index (χ3v) is 5.14. The van der Waals surface area contributed by atoms with Crippen LogP contribution in [0.4, 0.5) is 0 Å². The van der Waals surface area contributed by atoms with E-state index >= 15 is 0 Å². The van der Waals surface area contributed by atoms with Gasteiger partial charge in [0.15, 0.2) is 5.16 Å². The molecule has 126 valence electrons. The zero-order valence-electron chi connectivity index (χ0n) is 13.8. The van der Waals surface area contributed by atoms with Crippen LogP contribution in [0.3, 0.4) is 0 Å². The number of rotatable bonds is 4. The lowest BCUT2D eigenvalue weighted by Gasteiger charge is -2.09. The van der Waals surface area contributed by atoms with Gasteiger partial charge in [0.05, 0.1) is 16.4 Å². The second-order valence-corrected chi connectivity index (χ2v) is 7.29. The molecule has 0 aliphatic rings. The smallest absolute Gasteiger partial charge is 0.196 e. The molecule has 0 fully saturated rings. The van der Waals surface area contributed by atoms with Gasteiger partial charge in [0.1, 0.15) is 12.0 Å². The van der Waals surface area contributed by atoms with Crippen LogP contribution in [0.1, 0.15) is 16.8 Å². The van der Waals surface area contributed by atoms with Gasteiger partial charge in [-0.15, -0.1) is 10.2 Å². The lowest BCUT2D eigenvalue weighted by Crippen LogP contribution is -1.98. The van der Waals surface area contributed by atoms with E-state index in [1.54, 1.807) is 18.1 Å². The summed E-state index contributed by atoms with van der Waals surface area (Å²) in [4.78, 5) is 4.61. The van der Waals surface area contributed by atoms with E-state index in [-0.39, 0.29) is 0 Å². The van der Waals surface area contributed by atoms with Gasteiger partial charge in [0, 0.05) is 18.1 Å². The normalized spacial score (nSPS) is 11.3. The van der Waals surface area contributed by atoms with E-state index in [4.69, 9.17) is 11.6 Å². The topological polar surface area (TPSA) is 48.0 Å². The van der Waals surface area contributed by atoms with E-state index in [1.165, 1.54) is 11.1 Å². The number of benzene rings is 1. The Morgan fingerprint density at radius 2 is 2.00 bits per heavy atom. The van der Waals surface area contributed by atoms with Gasteiger partial charge in [-0.1, -0.05) is 41.1 Å². The molecule has 5 nitrogen and oxygen atoms in total. The SMILES string of the molecule is Cc1ccc(-n2cnnc2SCc2cn3cc(Cl)ccc3n2)c(C)c1. The zero-order valence-corrected chi connectivity index (χ0v) is 15.4. The second kappa shape index (κ2) is 6.54. The van der Waals surface area contributed by atoms with Crippen molar-refractivity contribution in [2.24, 2.45) is 0 Å². The number of hydrogen-bond donors (Lipinski definition) is 0. The summed E-state index contributed by atoms with van der Waals surface area (Å²) in [6.45, 7) is 4.19. The molecule has 0 amide bonds. The van der Waals surface area contributed by atoms with E-state index in [2.05, 4.69) is 47.2 Å². The predicted octanol–water partition coefficient (Wildman–Crippen LogP) is 4.48. The molecule has 0 bridgehead atoms. The Kier molecular flexibility index (Phi) is 4.23. The molecule has 0 aliphatic heterocycles. The Labute approximate surface area is 154 Å². The van der Waals surface area contributed by atoms with Crippen LogP contribution in [0.5, 0.6) is 0 Å². The van der Waals surface area contributed by atoms with Crippen molar-refractivity contribution < 1.29 is 0 Å². The van der Waals surface area contributed by atoms with Crippen molar-refractivity contribution in [3.63, 3.8) is 0 Å². The summed E-state index contributed by atoms with van der Waals surface area (Å²) in [5, 5.41) is 9.88. The lowest BCUT2D eigenvalue weighted by atomic mass is 10.1. The summed E-state index contributed by atoms with van der Waals surface area (Å²) in [5.74, 6) is 0.711. The molecule has 3 aromatic heterocycles. The average Bonchev–Trinajstić information content (AvgIpc) is 3.18. The summed E-state index contributed by atoms with van der Waals surface area (Å²) in [6.07, 6.45) is 5.60. The molecule has 0 saturated carbocycles. The zero-order chi connectivity index (χ0) is 17.4. The molecular weight excluding hydrogens is 354 g/mol. The first kappa shape index (κ1) is 16.2. The molecule has 0 saturated heterocycles. The summed E-state index contributed by atoms with van der Waals surface area (Å²) in [6, 6.07) is 10.1. The Morgan fingerprint density at radius 3 is 2.84 bits per heavy atom. The molecule has 1 aromatic carbocycles. The lowest BCUT2D eigenvalue weighted by molar-refractivity contribution is 0.877. The minimum Gasteiger partial charge on any atom is -0.305 e. The van der Waals surface area contributed by atoms with Crippen LogP contribution in [-0.2, 0) is 5.75 Å². The number of nitrogens with zero attached hydrogens (tertiary/aromatic N) is 5. The van der Waals surface area contributed by atoms with E-state index in [9.17, 15) is 0 Å². The standard InChI is InChI=1S/C18H16ClN5S/c1-12-3-5-16(13(2)7-12)24-11-20-22-18(24)25-10-15-9-23-8-14(19)4-6-17(23)21-15/h3-9,11H,10H2,1-2H3. The molecule has 4 aromatic rings. The molecule has 0 radical (unpaired) electrons. The summed E-state index contributed by atoms with van der Waals surface area (Å²) in [5.41, 5.74) is 5.40. The van der Waals surface area contributed by atoms with Gasteiger partial charge in [-0.2, -0.15) is 0 Å². The second-order valence-electron chi connectivity index (χ2n) is 5.91. The minimum atomic E-state index is 0.693. The number of halogens is 1. The Hall–Kier alpha value is -2.31. The number of imidazole rings is 1.